The highest BCUT2D eigenvalue weighted by molar-refractivity contribution is 7.92. The highest BCUT2D eigenvalue weighted by atomic mass is 35.5. The Morgan fingerprint density at radius 2 is 1.63 bits per heavy atom. The number of anilines is 1. The molecule has 0 atom stereocenters. The molecule has 1 N–H and O–H groups in total. The van der Waals surface area contributed by atoms with Gasteiger partial charge in [0.2, 0.25) is 10.0 Å². The van der Waals surface area contributed by atoms with Gasteiger partial charge in [0.1, 0.15) is 0 Å². The fourth-order valence-electron chi connectivity index (χ4n) is 3.58. The van der Waals surface area contributed by atoms with Gasteiger partial charge in [0.15, 0.2) is 0 Å². The Labute approximate surface area is 213 Å². The van der Waals surface area contributed by atoms with Gasteiger partial charge in [0.05, 0.1) is 34.7 Å². The Balaban J connectivity index is 1.47. The molecule has 0 unspecified atom stereocenters. The van der Waals surface area contributed by atoms with Gasteiger partial charge in [-0.05, 0) is 40.6 Å². The molecular weight excluding hydrogens is 505 g/mol. The Bertz CT molecular complexity index is 1520. The zero-order chi connectivity index (χ0) is 25.0. The first-order chi connectivity index (χ1) is 16.7. The lowest BCUT2D eigenvalue weighted by Crippen LogP contribution is -2.29. The van der Waals surface area contributed by atoms with Crippen LogP contribution >= 0.6 is 23.2 Å². The molecule has 1 amide bonds. The normalized spacial score (nSPS) is 11.6. The molecule has 0 aliphatic heterocycles. The van der Waals surface area contributed by atoms with Gasteiger partial charge in [0.25, 0.3) is 5.91 Å². The molecule has 0 aromatic heterocycles. The average Bonchev–Trinajstić information content (AvgIpc) is 2.84. The van der Waals surface area contributed by atoms with Crippen LogP contribution in [0.25, 0.3) is 10.8 Å². The molecule has 35 heavy (non-hydrogen) atoms. The Morgan fingerprint density at radius 1 is 0.943 bits per heavy atom. The number of nitrogens with one attached hydrogen (secondary N) is 1. The largest absolute Gasteiger partial charge is 0.271 e. The lowest BCUT2D eigenvalue weighted by molar-refractivity contribution is 0.0955. The van der Waals surface area contributed by atoms with Crippen molar-refractivity contribution in [2.24, 2.45) is 5.10 Å². The summed E-state index contributed by atoms with van der Waals surface area (Å²) in [7, 11) is -3.64. The van der Waals surface area contributed by atoms with Gasteiger partial charge < -0.3 is 0 Å². The van der Waals surface area contributed by atoms with Crippen molar-refractivity contribution in [3.63, 3.8) is 0 Å². The lowest BCUT2D eigenvalue weighted by Gasteiger charge is -2.24. The molecule has 0 aliphatic carbocycles. The third kappa shape index (κ3) is 5.82. The van der Waals surface area contributed by atoms with Crippen molar-refractivity contribution >= 4 is 61.8 Å². The quantitative estimate of drug-likeness (QED) is 0.242. The van der Waals surface area contributed by atoms with Crippen LogP contribution in [0.4, 0.5) is 5.69 Å². The smallest absolute Gasteiger partial charge is 0.267 e. The standard InChI is InChI=1S/C26H21Cl2N3O3S/c1-35(33,34)31(24-11-5-10-23(27)25(24)28)17-18-12-14-20(15-13-18)26(32)30-29-16-21-8-4-7-19-6-2-3-9-22(19)21/h2-16H,17H2,1H3,(H,30,32)/b29-16-. The maximum Gasteiger partial charge on any atom is 0.271 e. The summed E-state index contributed by atoms with van der Waals surface area (Å²) in [5.41, 5.74) is 4.75. The Kier molecular flexibility index (Phi) is 7.40. The second-order valence-electron chi connectivity index (χ2n) is 7.81. The molecule has 0 fully saturated rings. The van der Waals surface area contributed by atoms with Crippen LogP contribution in [0.5, 0.6) is 0 Å². The van der Waals surface area contributed by atoms with Gasteiger partial charge in [-0.15, -0.1) is 0 Å². The van der Waals surface area contributed by atoms with Crippen LogP contribution in [0.1, 0.15) is 21.5 Å². The summed E-state index contributed by atoms with van der Waals surface area (Å²) >= 11 is 12.3. The maximum atomic E-state index is 12.5. The second kappa shape index (κ2) is 10.5. The summed E-state index contributed by atoms with van der Waals surface area (Å²) in [6, 6.07) is 25.2. The van der Waals surface area contributed by atoms with Crippen LogP contribution in [0.15, 0.2) is 90.0 Å². The van der Waals surface area contributed by atoms with Crippen LogP contribution in [-0.4, -0.2) is 26.8 Å². The molecule has 4 aromatic carbocycles. The minimum Gasteiger partial charge on any atom is -0.267 e. The highest BCUT2D eigenvalue weighted by Crippen LogP contribution is 2.34. The molecule has 0 aliphatic rings. The maximum absolute atomic E-state index is 12.5. The predicted molar refractivity (Wildman–Crippen MR) is 143 cm³/mol. The SMILES string of the molecule is CS(=O)(=O)N(Cc1ccc(C(=O)N/N=C\c2cccc3ccccc23)cc1)c1cccc(Cl)c1Cl. The summed E-state index contributed by atoms with van der Waals surface area (Å²) in [6.45, 7) is 0.0278. The predicted octanol–water partition coefficient (Wildman–Crippen LogP) is 5.88. The number of hydrogen-bond donors (Lipinski definition) is 1. The fraction of sp³-hybridized carbons (Fsp3) is 0.0769. The number of halogens is 2. The van der Waals surface area contributed by atoms with E-state index in [1.165, 1.54) is 4.31 Å². The van der Waals surface area contributed by atoms with Gasteiger partial charge in [-0.1, -0.05) is 83.9 Å². The highest BCUT2D eigenvalue weighted by Gasteiger charge is 2.21. The molecule has 0 heterocycles. The van der Waals surface area contributed by atoms with Crippen LogP contribution in [0.2, 0.25) is 10.0 Å². The number of benzene rings is 4. The zero-order valence-corrected chi connectivity index (χ0v) is 21.0. The Hall–Kier alpha value is -3.39. The first-order valence-electron chi connectivity index (χ1n) is 10.6. The van der Waals surface area contributed by atoms with Crippen molar-refractivity contribution in [2.45, 2.75) is 6.54 Å². The van der Waals surface area contributed by atoms with Gasteiger partial charge in [0, 0.05) is 11.1 Å². The topological polar surface area (TPSA) is 78.8 Å². The monoisotopic (exact) mass is 525 g/mol. The summed E-state index contributed by atoms with van der Waals surface area (Å²) in [5.74, 6) is -0.383. The van der Waals surface area contributed by atoms with Gasteiger partial charge in [-0.2, -0.15) is 5.10 Å². The lowest BCUT2D eigenvalue weighted by atomic mass is 10.1. The second-order valence-corrected chi connectivity index (χ2v) is 10.5. The van der Waals surface area contributed by atoms with Crippen LogP contribution < -0.4 is 9.73 Å². The molecule has 0 spiro atoms. The molecule has 0 bridgehead atoms. The summed E-state index contributed by atoms with van der Waals surface area (Å²) in [5, 5.41) is 6.62. The van der Waals surface area contributed by atoms with E-state index in [4.69, 9.17) is 23.2 Å². The number of rotatable bonds is 7. The molecule has 6 nitrogen and oxygen atoms in total. The first kappa shape index (κ1) is 24.7. The van der Waals surface area contributed by atoms with Gasteiger partial charge >= 0.3 is 0 Å². The molecule has 4 aromatic rings. The molecule has 4 rings (SSSR count). The summed E-state index contributed by atoms with van der Waals surface area (Å²) < 4.78 is 26.0. The third-order valence-corrected chi connectivity index (χ3v) is 7.27. The molecule has 9 heteroatoms. The van der Waals surface area contributed by atoms with E-state index in [1.54, 1.807) is 48.7 Å². The minimum absolute atomic E-state index is 0.0278. The number of hydrogen-bond acceptors (Lipinski definition) is 4. The van der Waals surface area contributed by atoms with Crippen molar-refractivity contribution in [1.29, 1.82) is 0 Å². The molecule has 0 saturated carbocycles. The van der Waals surface area contributed by atoms with Gasteiger partial charge in [-0.3, -0.25) is 9.10 Å². The van der Waals surface area contributed by atoms with Crippen molar-refractivity contribution in [1.82, 2.24) is 5.43 Å². The van der Waals surface area contributed by atoms with Crippen LogP contribution in [0, 0.1) is 0 Å². The van der Waals surface area contributed by atoms with E-state index in [0.717, 1.165) is 22.6 Å². The van der Waals surface area contributed by atoms with E-state index in [1.807, 2.05) is 42.5 Å². The number of sulfonamides is 1. The van der Waals surface area contributed by atoms with E-state index in [-0.39, 0.29) is 28.2 Å². The minimum atomic E-state index is -3.64. The number of fused-ring (bicyclic) bond motifs is 1. The van der Waals surface area contributed by atoms with E-state index in [2.05, 4.69) is 10.5 Å². The third-order valence-electron chi connectivity index (χ3n) is 5.34. The summed E-state index contributed by atoms with van der Waals surface area (Å²) in [4.78, 5) is 12.5. The number of amides is 1. The van der Waals surface area contributed by atoms with E-state index < -0.39 is 10.0 Å². The van der Waals surface area contributed by atoms with Gasteiger partial charge in [-0.25, -0.2) is 13.8 Å². The average molecular weight is 526 g/mol. The number of hydrazone groups is 1. The first-order valence-corrected chi connectivity index (χ1v) is 13.2. The molecular formula is C26H21Cl2N3O3S. The van der Waals surface area contributed by atoms with Crippen molar-refractivity contribution in [3.05, 3.63) is 112 Å². The number of carbonyl (C=O) groups is 1. The van der Waals surface area contributed by atoms with Crippen LogP contribution in [0.3, 0.4) is 0 Å². The fourth-order valence-corrected chi connectivity index (χ4v) is 4.92. The number of carbonyl (C=O) groups excluding carboxylic acids is 1. The van der Waals surface area contributed by atoms with Crippen molar-refractivity contribution in [2.75, 3.05) is 10.6 Å². The molecule has 0 saturated heterocycles. The summed E-state index contributed by atoms with van der Waals surface area (Å²) in [6.07, 6.45) is 2.70. The van der Waals surface area contributed by atoms with Crippen LogP contribution in [-0.2, 0) is 16.6 Å². The van der Waals surface area contributed by atoms with E-state index in [9.17, 15) is 13.2 Å². The molecule has 0 radical (unpaired) electrons. The zero-order valence-electron chi connectivity index (χ0n) is 18.7. The number of nitrogens with zero attached hydrogens (tertiary/aromatic N) is 2. The van der Waals surface area contributed by atoms with Crippen molar-refractivity contribution in [3.8, 4) is 0 Å². The Morgan fingerprint density at radius 3 is 2.37 bits per heavy atom. The van der Waals surface area contributed by atoms with E-state index in [0.29, 0.717) is 11.1 Å². The van der Waals surface area contributed by atoms with Crippen molar-refractivity contribution < 1.29 is 13.2 Å². The molecule has 178 valence electrons. The van der Waals surface area contributed by atoms with E-state index >= 15 is 0 Å².